The van der Waals surface area contributed by atoms with E-state index < -0.39 is 23.0 Å². The Morgan fingerprint density at radius 2 is 2.00 bits per heavy atom. The van der Waals surface area contributed by atoms with E-state index >= 15 is 0 Å². The van der Waals surface area contributed by atoms with Gasteiger partial charge in [0.05, 0.1) is 49.0 Å². The first-order chi connectivity index (χ1) is 12.8. The number of hydrogen-bond acceptors (Lipinski definition) is 7. The van der Waals surface area contributed by atoms with Crippen LogP contribution in [0, 0.1) is 10.1 Å². The molecular formula is C17H21N3O7. The van der Waals surface area contributed by atoms with Crippen molar-refractivity contribution in [2.75, 3.05) is 20.8 Å². The van der Waals surface area contributed by atoms with Gasteiger partial charge in [0.15, 0.2) is 11.5 Å². The van der Waals surface area contributed by atoms with Gasteiger partial charge in [-0.3, -0.25) is 10.1 Å². The topological polar surface area (TPSA) is 129 Å². The van der Waals surface area contributed by atoms with E-state index in [1.54, 1.807) is 0 Å². The number of urea groups is 1. The van der Waals surface area contributed by atoms with E-state index in [9.17, 15) is 19.7 Å². The van der Waals surface area contributed by atoms with E-state index in [-0.39, 0.29) is 34.0 Å². The second-order valence-electron chi connectivity index (χ2n) is 5.73. The van der Waals surface area contributed by atoms with Crippen LogP contribution in [0.2, 0.25) is 0 Å². The van der Waals surface area contributed by atoms with Gasteiger partial charge in [-0.25, -0.2) is 9.59 Å². The van der Waals surface area contributed by atoms with Gasteiger partial charge < -0.3 is 24.8 Å². The summed E-state index contributed by atoms with van der Waals surface area (Å²) in [6.07, 6.45) is 0.714. The Morgan fingerprint density at radius 1 is 1.30 bits per heavy atom. The predicted molar refractivity (Wildman–Crippen MR) is 94.6 cm³/mol. The van der Waals surface area contributed by atoms with Crippen LogP contribution in [0.5, 0.6) is 11.5 Å². The van der Waals surface area contributed by atoms with Crippen LogP contribution in [0.4, 0.5) is 10.5 Å². The van der Waals surface area contributed by atoms with Gasteiger partial charge in [0, 0.05) is 5.70 Å². The highest BCUT2D eigenvalue weighted by Gasteiger charge is 2.36. The number of carbonyl (C=O) groups is 2. The van der Waals surface area contributed by atoms with Crippen LogP contribution in [0.3, 0.4) is 0 Å². The molecule has 1 aliphatic heterocycles. The second-order valence-corrected chi connectivity index (χ2v) is 5.73. The molecule has 0 saturated carbocycles. The van der Waals surface area contributed by atoms with E-state index in [0.29, 0.717) is 13.0 Å². The number of carbonyl (C=O) groups excluding carboxylic acids is 2. The van der Waals surface area contributed by atoms with Gasteiger partial charge in [0.25, 0.3) is 5.69 Å². The fraction of sp³-hybridized carbons (Fsp3) is 0.412. The molecule has 1 aliphatic rings. The number of nitrogens with zero attached hydrogens (tertiary/aromatic N) is 1. The number of hydrogen-bond donors (Lipinski definition) is 2. The molecule has 0 bridgehead atoms. The average molecular weight is 379 g/mol. The fourth-order valence-corrected chi connectivity index (χ4v) is 2.75. The summed E-state index contributed by atoms with van der Waals surface area (Å²) in [6, 6.07) is 0.936. The van der Waals surface area contributed by atoms with E-state index in [1.165, 1.54) is 33.3 Å². The van der Waals surface area contributed by atoms with Crippen LogP contribution in [0.1, 0.15) is 31.9 Å². The Labute approximate surface area is 155 Å². The van der Waals surface area contributed by atoms with Gasteiger partial charge in [0.2, 0.25) is 0 Å². The van der Waals surface area contributed by atoms with Crippen molar-refractivity contribution in [3.05, 3.63) is 39.1 Å². The molecule has 146 valence electrons. The number of esters is 1. The lowest BCUT2D eigenvalue weighted by atomic mass is 9.93. The van der Waals surface area contributed by atoms with E-state index in [2.05, 4.69) is 10.6 Å². The summed E-state index contributed by atoms with van der Waals surface area (Å²) in [5.74, 6) is -0.264. The Kier molecular flexibility index (Phi) is 6.22. The molecule has 10 nitrogen and oxygen atoms in total. The summed E-state index contributed by atoms with van der Waals surface area (Å²) in [6.45, 7) is 3.79. The summed E-state index contributed by atoms with van der Waals surface area (Å²) in [5.41, 5.74) is 0.0714. The Balaban J connectivity index is 2.69. The van der Waals surface area contributed by atoms with Gasteiger partial charge >= 0.3 is 12.0 Å². The SMILES string of the molecule is CCCOc1cc(C2NC(=O)NC(C)=C2C(=O)OC)c([N+](=O)[O-])cc1OC. The average Bonchev–Trinajstić information content (AvgIpc) is 2.64. The predicted octanol–water partition coefficient (Wildman–Crippen LogP) is 2.19. The van der Waals surface area contributed by atoms with Crippen molar-refractivity contribution < 1.29 is 28.7 Å². The minimum atomic E-state index is -1.08. The molecule has 1 unspecified atom stereocenters. The van der Waals surface area contributed by atoms with Gasteiger partial charge in [-0.1, -0.05) is 6.92 Å². The largest absolute Gasteiger partial charge is 0.493 e. The molecule has 1 atom stereocenters. The number of benzene rings is 1. The Bertz CT molecular complexity index is 804. The number of nitrogens with one attached hydrogen (secondary N) is 2. The third kappa shape index (κ3) is 4.10. The van der Waals surface area contributed by atoms with Gasteiger partial charge in [-0.15, -0.1) is 0 Å². The maximum atomic E-state index is 12.2. The number of amides is 2. The first kappa shape index (κ1) is 20.0. The van der Waals surface area contributed by atoms with Crippen molar-refractivity contribution in [2.45, 2.75) is 26.3 Å². The maximum Gasteiger partial charge on any atom is 0.337 e. The zero-order valence-electron chi connectivity index (χ0n) is 15.5. The molecule has 0 aromatic heterocycles. The zero-order chi connectivity index (χ0) is 20.1. The lowest BCUT2D eigenvalue weighted by molar-refractivity contribution is -0.385. The van der Waals surface area contributed by atoms with Crippen molar-refractivity contribution >= 4 is 17.7 Å². The third-order valence-electron chi connectivity index (χ3n) is 3.96. The number of nitro benzene ring substituents is 1. The van der Waals surface area contributed by atoms with Crippen molar-refractivity contribution in [2.24, 2.45) is 0 Å². The molecule has 1 aromatic rings. The number of nitro groups is 1. The van der Waals surface area contributed by atoms with Crippen LogP contribution in [0.25, 0.3) is 0 Å². The van der Waals surface area contributed by atoms with Crippen LogP contribution in [-0.2, 0) is 9.53 Å². The molecule has 1 heterocycles. The van der Waals surface area contributed by atoms with Crippen LogP contribution in [0.15, 0.2) is 23.4 Å². The summed E-state index contributed by atoms with van der Waals surface area (Å²) < 4.78 is 15.6. The number of allylic oxidation sites excluding steroid dienone is 1. The van der Waals surface area contributed by atoms with Crippen molar-refractivity contribution in [3.63, 3.8) is 0 Å². The molecule has 0 spiro atoms. The molecule has 0 aliphatic carbocycles. The van der Waals surface area contributed by atoms with Crippen molar-refractivity contribution in [3.8, 4) is 11.5 Å². The van der Waals surface area contributed by atoms with Crippen molar-refractivity contribution in [1.82, 2.24) is 10.6 Å². The molecular weight excluding hydrogens is 358 g/mol. The molecule has 27 heavy (non-hydrogen) atoms. The van der Waals surface area contributed by atoms with Gasteiger partial charge in [0.1, 0.15) is 0 Å². The molecule has 0 fully saturated rings. The normalized spacial score (nSPS) is 16.3. The van der Waals surface area contributed by atoms with E-state index in [0.717, 1.165) is 0 Å². The highest BCUT2D eigenvalue weighted by Crippen LogP contribution is 2.40. The van der Waals surface area contributed by atoms with Gasteiger partial charge in [-0.2, -0.15) is 0 Å². The van der Waals surface area contributed by atoms with E-state index in [1.807, 2.05) is 6.92 Å². The summed E-state index contributed by atoms with van der Waals surface area (Å²) in [7, 11) is 2.56. The summed E-state index contributed by atoms with van der Waals surface area (Å²) >= 11 is 0. The second kappa shape index (κ2) is 8.39. The maximum absolute atomic E-state index is 12.2. The lowest BCUT2D eigenvalue weighted by Crippen LogP contribution is -2.45. The minimum absolute atomic E-state index is 0.0619. The first-order valence-electron chi connectivity index (χ1n) is 8.19. The quantitative estimate of drug-likeness (QED) is 0.422. The molecule has 2 rings (SSSR count). The molecule has 2 N–H and O–H groups in total. The first-order valence-corrected chi connectivity index (χ1v) is 8.19. The standard InChI is InChI=1S/C17H21N3O7/c1-5-6-27-13-7-10(11(20(23)24)8-12(13)25-3)15-14(16(21)26-4)9(2)18-17(22)19-15/h7-8,15H,5-6H2,1-4H3,(H2,18,19,22). The van der Waals surface area contributed by atoms with Crippen molar-refractivity contribution in [1.29, 1.82) is 0 Å². The summed E-state index contributed by atoms with van der Waals surface area (Å²) in [5, 5.41) is 16.6. The Hall–Kier alpha value is -3.30. The number of methoxy groups -OCH3 is 2. The third-order valence-corrected chi connectivity index (χ3v) is 3.96. The van der Waals surface area contributed by atoms with Crippen LogP contribution in [-0.4, -0.2) is 37.8 Å². The molecule has 10 heteroatoms. The lowest BCUT2D eigenvalue weighted by Gasteiger charge is -2.28. The monoisotopic (exact) mass is 379 g/mol. The smallest absolute Gasteiger partial charge is 0.337 e. The molecule has 0 saturated heterocycles. The molecule has 1 aromatic carbocycles. The molecule has 0 radical (unpaired) electrons. The van der Waals surface area contributed by atoms with E-state index in [4.69, 9.17) is 14.2 Å². The Morgan fingerprint density at radius 3 is 2.56 bits per heavy atom. The van der Waals surface area contributed by atoms with Crippen LogP contribution >= 0.6 is 0 Å². The van der Waals surface area contributed by atoms with Crippen LogP contribution < -0.4 is 20.1 Å². The minimum Gasteiger partial charge on any atom is -0.493 e. The number of rotatable bonds is 7. The molecule has 2 amide bonds. The highest BCUT2D eigenvalue weighted by molar-refractivity contribution is 5.95. The number of ether oxygens (including phenoxy) is 3. The van der Waals surface area contributed by atoms with Gasteiger partial charge in [-0.05, 0) is 19.4 Å². The highest BCUT2D eigenvalue weighted by atomic mass is 16.6. The fourth-order valence-electron chi connectivity index (χ4n) is 2.75. The zero-order valence-corrected chi connectivity index (χ0v) is 15.5. The summed E-state index contributed by atoms with van der Waals surface area (Å²) in [4.78, 5) is 35.2.